The number of amides is 1. The lowest BCUT2D eigenvalue weighted by atomic mass is 10.1. The molecule has 35 heavy (non-hydrogen) atoms. The minimum Gasteiger partial charge on any atom is -0.478 e. The molecule has 7 nitrogen and oxygen atoms in total. The maximum absolute atomic E-state index is 13.3. The van der Waals surface area contributed by atoms with Crippen LogP contribution in [0.1, 0.15) is 50.5 Å². The van der Waals surface area contributed by atoms with Gasteiger partial charge in [0.25, 0.3) is 5.91 Å². The molecule has 0 saturated heterocycles. The van der Waals surface area contributed by atoms with Gasteiger partial charge in [-0.15, -0.1) is 5.10 Å². The molecule has 0 aliphatic heterocycles. The first kappa shape index (κ1) is 24.1. The molecule has 1 atom stereocenters. The summed E-state index contributed by atoms with van der Waals surface area (Å²) in [4.78, 5) is 24.4. The molecule has 11 heteroatoms. The Hall–Kier alpha value is -3.99. The lowest BCUT2D eigenvalue weighted by Gasteiger charge is -2.16. The third kappa shape index (κ3) is 5.40. The van der Waals surface area contributed by atoms with Crippen LogP contribution < -0.4 is 5.32 Å². The van der Waals surface area contributed by atoms with Crippen molar-refractivity contribution in [1.29, 1.82) is 0 Å². The van der Waals surface area contributed by atoms with Crippen LogP contribution in [0.15, 0.2) is 65.4 Å². The Labute approximate surface area is 201 Å². The Morgan fingerprint density at radius 3 is 2.34 bits per heavy atom. The second-order valence-electron chi connectivity index (χ2n) is 7.77. The summed E-state index contributed by atoms with van der Waals surface area (Å²) >= 11 is 1.42. The highest BCUT2D eigenvalue weighted by atomic mass is 32.1. The fourth-order valence-electron chi connectivity index (χ4n) is 3.48. The molecule has 2 aromatic heterocycles. The number of aromatic carboxylic acids is 1. The van der Waals surface area contributed by atoms with E-state index in [1.165, 1.54) is 40.3 Å². The van der Waals surface area contributed by atoms with E-state index in [1.54, 1.807) is 25.1 Å². The fourth-order valence-corrected chi connectivity index (χ4v) is 4.12. The number of nitrogens with zero attached hydrogens (tertiary/aromatic N) is 3. The van der Waals surface area contributed by atoms with Gasteiger partial charge >= 0.3 is 12.1 Å². The van der Waals surface area contributed by atoms with Gasteiger partial charge in [-0.1, -0.05) is 29.5 Å². The molecule has 1 amide bonds. The molecule has 0 aliphatic carbocycles. The molecule has 4 rings (SSSR count). The molecule has 2 aromatic carbocycles. The molecule has 180 valence electrons. The number of aromatic nitrogens is 3. The molecular formula is C24H19F3N4O3S. The van der Waals surface area contributed by atoms with Crippen LogP contribution in [0.2, 0.25) is 0 Å². The van der Waals surface area contributed by atoms with Crippen molar-refractivity contribution in [1.82, 2.24) is 20.3 Å². The monoisotopic (exact) mass is 500 g/mol. The molecule has 4 aromatic rings. The number of carbonyl (C=O) groups excluding carboxylic acids is 1. The van der Waals surface area contributed by atoms with Gasteiger partial charge in [0, 0.05) is 10.9 Å². The minimum absolute atomic E-state index is 0.0414. The number of carbonyl (C=O) groups is 2. The maximum Gasteiger partial charge on any atom is 0.416 e. The van der Waals surface area contributed by atoms with Gasteiger partial charge in [-0.2, -0.15) is 24.5 Å². The standard InChI is InChI=1S/C24H19F3N4O3S/c1-14(16-4-6-17(7-5-16)23(33)34)28-22(32)21-20(18-10-11-35-13-18)29-30-31(21)12-15-2-8-19(9-3-15)24(25,26)27/h2-11,13-14H,12H2,1H3,(H,28,32)(H,33,34)/t14-/m0/s1. The number of carboxylic acids is 1. The number of hydrogen-bond acceptors (Lipinski definition) is 5. The average Bonchev–Trinajstić information content (AvgIpc) is 3.49. The largest absolute Gasteiger partial charge is 0.478 e. The van der Waals surface area contributed by atoms with E-state index < -0.39 is 29.7 Å². The molecule has 0 unspecified atom stereocenters. The Morgan fingerprint density at radius 2 is 1.77 bits per heavy atom. The zero-order valence-electron chi connectivity index (χ0n) is 18.3. The molecule has 2 N–H and O–H groups in total. The maximum atomic E-state index is 13.3. The van der Waals surface area contributed by atoms with Crippen LogP contribution in [-0.4, -0.2) is 32.0 Å². The second kappa shape index (κ2) is 9.71. The number of alkyl halides is 3. The molecule has 2 heterocycles. The topological polar surface area (TPSA) is 97.1 Å². The lowest BCUT2D eigenvalue weighted by molar-refractivity contribution is -0.137. The predicted molar refractivity (Wildman–Crippen MR) is 123 cm³/mol. The van der Waals surface area contributed by atoms with E-state index in [0.29, 0.717) is 22.4 Å². The average molecular weight is 501 g/mol. The molecule has 0 radical (unpaired) electrons. The van der Waals surface area contributed by atoms with E-state index in [9.17, 15) is 22.8 Å². The summed E-state index contributed by atoms with van der Waals surface area (Å²) in [6.45, 7) is 1.79. The van der Waals surface area contributed by atoms with Gasteiger partial charge in [0.1, 0.15) is 5.69 Å². The number of benzene rings is 2. The van der Waals surface area contributed by atoms with Crippen molar-refractivity contribution in [2.75, 3.05) is 0 Å². The van der Waals surface area contributed by atoms with Crippen LogP contribution in [0.4, 0.5) is 13.2 Å². The van der Waals surface area contributed by atoms with Gasteiger partial charge in [0.2, 0.25) is 0 Å². The first-order chi connectivity index (χ1) is 16.6. The van der Waals surface area contributed by atoms with Crippen LogP contribution >= 0.6 is 11.3 Å². The number of nitrogens with one attached hydrogen (secondary N) is 1. The van der Waals surface area contributed by atoms with Crippen molar-refractivity contribution in [2.24, 2.45) is 0 Å². The van der Waals surface area contributed by atoms with Crippen molar-refractivity contribution < 1.29 is 27.9 Å². The first-order valence-corrected chi connectivity index (χ1v) is 11.3. The third-order valence-corrected chi connectivity index (χ3v) is 6.05. The van der Waals surface area contributed by atoms with E-state index in [1.807, 2.05) is 10.8 Å². The Bertz CT molecular complexity index is 1330. The normalized spacial score (nSPS) is 12.3. The summed E-state index contributed by atoms with van der Waals surface area (Å²) in [5.74, 6) is -1.52. The highest BCUT2D eigenvalue weighted by Gasteiger charge is 2.30. The van der Waals surface area contributed by atoms with Crippen molar-refractivity contribution in [3.05, 3.63) is 93.3 Å². The van der Waals surface area contributed by atoms with Crippen molar-refractivity contribution >= 4 is 23.2 Å². The first-order valence-electron chi connectivity index (χ1n) is 10.4. The predicted octanol–water partition coefficient (Wildman–Crippen LogP) is 5.26. The van der Waals surface area contributed by atoms with Crippen LogP contribution in [0, 0.1) is 0 Å². The summed E-state index contributed by atoms with van der Waals surface area (Å²) in [6.07, 6.45) is -4.44. The highest BCUT2D eigenvalue weighted by Crippen LogP contribution is 2.30. The Balaban J connectivity index is 1.61. The van der Waals surface area contributed by atoms with Crippen molar-refractivity contribution in [3.63, 3.8) is 0 Å². The van der Waals surface area contributed by atoms with Crippen LogP contribution in [0.5, 0.6) is 0 Å². The van der Waals surface area contributed by atoms with Gasteiger partial charge < -0.3 is 10.4 Å². The van der Waals surface area contributed by atoms with E-state index in [4.69, 9.17) is 5.11 Å². The van der Waals surface area contributed by atoms with Gasteiger partial charge in [0.15, 0.2) is 5.69 Å². The smallest absolute Gasteiger partial charge is 0.416 e. The molecular weight excluding hydrogens is 481 g/mol. The SMILES string of the molecule is C[C@H](NC(=O)c1c(-c2ccsc2)nnn1Cc1ccc(C(F)(F)F)cc1)c1ccc(C(=O)O)cc1. The molecule has 0 spiro atoms. The lowest BCUT2D eigenvalue weighted by Crippen LogP contribution is -2.29. The summed E-state index contributed by atoms with van der Waals surface area (Å²) < 4.78 is 40.0. The quantitative estimate of drug-likeness (QED) is 0.361. The summed E-state index contributed by atoms with van der Waals surface area (Å²) in [5, 5.41) is 23.8. The number of halogens is 3. The van der Waals surface area contributed by atoms with Gasteiger partial charge in [-0.05, 0) is 53.8 Å². The summed E-state index contributed by atoms with van der Waals surface area (Å²) in [5.41, 5.74) is 1.79. The molecule has 0 fully saturated rings. The summed E-state index contributed by atoms with van der Waals surface area (Å²) in [7, 11) is 0. The van der Waals surface area contributed by atoms with Crippen LogP contribution in [-0.2, 0) is 12.7 Å². The zero-order valence-corrected chi connectivity index (χ0v) is 19.1. The van der Waals surface area contributed by atoms with E-state index in [0.717, 1.165) is 12.1 Å². The minimum atomic E-state index is -4.44. The number of rotatable bonds is 7. The highest BCUT2D eigenvalue weighted by molar-refractivity contribution is 7.08. The van der Waals surface area contributed by atoms with Gasteiger partial charge in [-0.3, -0.25) is 4.79 Å². The fraction of sp³-hybridized carbons (Fsp3) is 0.167. The van der Waals surface area contributed by atoms with Crippen LogP contribution in [0.3, 0.4) is 0 Å². The molecule has 0 saturated carbocycles. The number of carboxylic acid groups (broad SMARTS) is 1. The van der Waals surface area contributed by atoms with E-state index in [-0.39, 0.29) is 17.8 Å². The summed E-state index contributed by atoms with van der Waals surface area (Å²) in [6, 6.07) is 12.1. The number of hydrogen-bond donors (Lipinski definition) is 2. The van der Waals surface area contributed by atoms with Gasteiger partial charge in [0.05, 0.1) is 23.7 Å². The van der Waals surface area contributed by atoms with Gasteiger partial charge in [-0.25, -0.2) is 9.48 Å². The zero-order chi connectivity index (χ0) is 25.2. The van der Waals surface area contributed by atoms with Crippen molar-refractivity contribution in [3.8, 4) is 11.3 Å². The van der Waals surface area contributed by atoms with Crippen molar-refractivity contribution in [2.45, 2.75) is 25.7 Å². The van der Waals surface area contributed by atoms with Crippen LogP contribution in [0.25, 0.3) is 11.3 Å². The third-order valence-electron chi connectivity index (χ3n) is 5.36. The second-order valence-corrected chi connectivity index (χ2v) is 8.55. The van der Waals surface area contributed by atoms with E-state index in [2.05, 4.69) is 15.6 Å². The number of thiophene rings is 1. The Morgan fingerprint density at radius 1 is 1.09 bits per heavy atom. The molecule has 0 bridgehead atoms. The Kier molecular flexibility index (Phi) is 6.70. The molecule has 0 aliphatic rings. The van der Waals surface area contributed by atoms with E-state index >= 15 is 0 Å².